The summed E-state index contributed by atoms with van der Waals surface area (Å²) in [6.07, 6.45) is 3.68. The molecule has 0 aliphatic carbocycles. The third-order valence-electron chi connectivity index (χ3n) is 4.29. The highest BCUT2D eigenvalue weighted by Crippen LogP contribution is 2.16. The number of guanidine groups is 1. The van der Waals surface area contributed by atoms with Crippen molar-refractivity contribution in [2.24, 2.45) is 4.99 Å². The van der Waals surface area contributed by atoms with Crippen molar-refractivity contribution in [1.82, 2.24) is 25.2 Å². The van der Waals surface area contributed by atoms with Crippen molar-refractivity contribution in [3.63, 3.8) is 0 Å². The van der Waals surface area contributed by atoms with E-state index in [0.717, 1.165) is 40.8 Å². The first-order valence-electron chi connectivity index (χ1n) is 9.16. The molecule has 148 valence electrons. The van der Waals surface area contributed by atoms with Crippen LogP contribution in [0.4, 0.5) is 0 Å². The second-order valence-electron chi connectivity index (χ2n) is 6.40. The van der Waals surface area contributed by atoms with E-state index in [4.69, 9.17) is 4.99 Å². The Morgan fingerprint density at radius 3 is 2.64 bits per heavy atom. The van der Waals surface area contributed by atoms with E-state index >= 15 is 0 Å². The normalized spacial score (nSPS) is 11.0. The van der Waals surface area contributed by atoms with Crippen molar-refractivity contribution in [2.45, 2.75) is 26.9 Å². The van der Waals surface area contributed by atoms with E-state index in [1.54, 1.807) is 0 Å². The van der Waals surface area contributed by atoms with Gasteiger partial charge in [0.2, 0.25) is 0 Å². The average Bonchev–Trinajstić information content (AvgIpc) is 3.15. The molecule has 3 aromatic rings. The van der Waals surface area contributed by atoms with Crippen molar-refractivity contribution < 1.29 is 0 Å². The van der Waals surface area contributed by atoms with Gasteiger partial charge in [-0.05, 0) is 31.0 Å². The third kappa shape index (κ3) is 5.79. The van der Waals surface area contributed by atoms with Gasteiger partial charge in [-0.15, -0.1) is 24.0 Å². The summed E-state index contributed by atoms with van der Waals surface area (Å²) in [6, 6.07) is 14.2. The number of halogens is 1. The topological polar surface area (TPSA) is 69.2 Å². The van der Waals surface area contributed by atoms with Crippen LogP contribution in [0.25, 0.3) is 11.3 Å². The Balaban J connectivity index is 0.00000280. The van der Waals surface area contributed by atoms with Crippen molar-refractivity contribution in [3.05, 3.63) is 71.9 Å². The molecule has 0 saturated heterocycles. The lowest BCUT2D eigenvalue weighted by Crippen LogP contribution is -2.38. The van der Waals surface area contributed by atoms with Gasteiger partial charge in [-0.25, -0.2) is 9.98 Å². The van der Waals surface area contributed by atoms with E-state index in [2.05, 4.69) is 57.2 Å². The predicted octanol–water partition coefficient (Wildman–Crippen LogP) is 4.00. The first-order valence-corrected chi connectivity index (χ1v) is 9.16. The summed E-state index contributed by atoms with van der Waals surface area (Å²) in [5.41, 5.74) is 4.29. The van der Waals surface area contributed by atoms with Crippen LogP contribution in [0.5, 0.6) is 0 Å². The molecule has 0 aliphatic rings. The zero-order valence-corrected chi connectivity index (χ0v) is 18.8. The fourth-order valence-corrected chi connectivity index (χ4v) is 2.81. The van der Waals surface area contributed by atoms with Crippen LogP contribution in [-0.4, -0.2) is 39.4 Å². The molecule has 28 heavy (non-hydrogen) atoms. The van der Waals surface area contributed by atoms with Gasteiger partial charge in [0.1, 0.15) is 5.82 Å². The third-order valence-corrected chi connectivity index (χ3v) is 4.29. The van der Waals surface area contributed by atoms with Crippen LogP contribution in [0, 0.1) is 6.92 Å². The number of aliphatic imine (C=N–C) groups is 1. The molecule has 7 heteroatoms. The predicted molar refractivity (Wildman–Crippen MR) is 125 cm³/mol. The van der Waals surface area contributed by atoms with Crippen LogP contribution in [0.2, 0.25) is 0 Å². The summed E-state index contributed by atoms with van der Waals surface area (Å²) in [7, 11) is 2.01. The van der Waals surface area contributed by atoms with Gasteiger partial charge in [0.15, 0.2) is 5.96 Å². The number of hydrogen-bond acceptors (Lipinski definition) is 3. The molecule has 2 heterocycles. The van der Waals surface area contributed by atoms with E-state index in [0.29, 0.717) is 13.1 Å². The summed E-state index contributed by atoms with van der Waals surface area (Å²) in [4.78, 5) is 19.1. The van der Waals surface area contributed by atoms with E-state index in [1.165, 1.54) is 0 Å². The van der Waals surface area contributed by atoms with Gasteiger partial charge in [-0.3, -0.25) is 4.98 Å². The second-order valence-corrected chi connectivity index (χ2v) is 6.40. The first kappa shape index (κ1) is 21.9. The van der Waals surface area contributed by atoms with Gasteiger partial charge in [0, 0.05) is 19.8 Å². The maximum Gasteiger partial charge on any atom is 0.194 e. The van der Waals surface area contributed by atoms with Crippen molar-refractivity contribution in [3.8, 4) is 11.3 Å². The number of H-pyrrole nitrogens is 1. The monoisotopic (exact) mass is 490 g/mol. The second kappa shape index (κ2) is 10.8. The van der Waals surface area contributed by atoms with E-state index in [1.807, 2.05) is 43.7 Å². The van der Waals surface area contributed by atoms with Crippen molar-refractivity contribution in [2.75, 3.05) is 13.6 Å². The molecule has 0 amide bonds. The molecule has 0 fully saturated rings. The van der Waals surface area contributed by atoms with Gasteiger partial charge in [-0.2, -0.15) is 0 Å². The zero-order valence-electron chi connectivity index (χ0n) is 16.5. The van der Waals surface area contributed by atoms with Crippen LogP contribution >= 0.6 is 24.0 Å². The number of rotatable bonds is 6. The molecule has 0 unspecified atom stereocenters. The van der Waals surface area contributed by atoms with Gasteiger partial charge in [0.05, 0.1) is 30.7 Å². The van der Waals surface area contributed by atoms with Crippen LogP contribution in [0.15, 0.2) is 59.9 Å². The molecule has 0 saturated carbocycles. The molecule has 6 nitrogen and oxygen atoms in total. The molecule has 0 atom stereocenters. The fraction of sp³-hybridized carbons (Fsp3) is 0.286. The number of nitrogens with zero attached hydrogens (tertiary/aromatic N) is 4. The summed E-state index contributed by atoms with van der Waals surface area (Å²) in [6.45, 7) is 6.11. The molecule has 0 aliphatic heterocycles. The van der Waals surface area contributed by atoms with E-state index in [-0.39, 0.29) is 24.0 Å². The van der Waals surface area contributed by atoms with Crippen LogP contribution in [0.3, 0.4) is 0 Å². The van der Waals surface area contributed by atoms with Gasteiger partial charge in [0.25, 0.3) is 0 Å². The maximum atomic E-state index is 4.73. The molecule has 0 spiro atoms. The minimum Gasteiger partial charge on any atom is -0.357 e. The zero-order chi connectivity index (χ0) is 19.1. The lowest BCUT2D eigenvalue weighted by molar-refractivity contribution is 0.464. The molecule has 0 radical (unpaired) electrons. The molecular weight excluding hydrogens is 463 g/mol. The number of imidazole rings is 1. The summed E-state index contributed by atoms with van der Waals surface area (Å²) in [5.74, 6) is 1.73. The van der Waals surface area contributed by atoms with Crippen LogP contribution in [0.1, 0.15) is 24.0 Å². The van der Waals surface area contributed by atoms with Gasteiger partial charge < -0.3 is 15.2 Å². The minimum atomic E-state index is 0. The standard InChI is InChI=1S/C21H26N6.HI/c1-4-22-21(25-13-18-16(2)9-8-12-23-18)27(3)15-20-24-14-19(26-20)17-10-6-5-7-11-17;/h5-12,14H,4,13,15H2,1-3H3,(H,22,25)(H,24,26);1H. The van der Waals surface area contributed by atoms with Crippen molar-refractivity contribution in [1.29, 1.82) is 0 Å². The average molecular weight is 490 g/mol. The molecule has 2 aromatic heterocycles. The van der Waals surface area contributed by atoms with Gasteiger partial charge >= 0.3 is 0 Å². The molecule has 1 aromatic carbocycles. The molecule has 2 N–H and O–H groups in total. The number of nitrogens with one attached hydrogen (secondary N) is 2. The Labute approximate surface area is 183 Å². The highest BCUT2D eigenvalue weighted by molar-refractivity contribution is 14.0. The maximum absolute atomic E-state index is 4.73. The summed E-state index contributed by atoms with van der Waals surface area (Å²) >= 11 is 0. The highest BCUT2D eigenvalue weighted by Gasteiger charge is 2.10. The number of aryl methyl sites for hydroxylation is 1. The van der Waals surface area contributed by atoms with E-state index < -0.39 is 0 Å². The quantitative estimate of drug-likeness (QED) is 0.312. The van der Waals surface area contributed by atoms with Crippen molar-refractivity contribution >= 4 is 29.9 Å². The Morgan fingerprint density at radius 1 is 1.14 bits per heavy atom. The number of aromatic amines is 1. The lowest BCUT2D eigenvalue weighted by atomic mass is 10.2. The smallest absolute Gasteiger partial charge is 0.194 e. The molecular formula is C21H27IN6. The number of aromatic nitrogens is 3. The molecule has 0 bridgehead atoms. The number of benzene rings is 1. The summed E-state index contributed by atoms with van der Waals surface area (Å²) < 4.78 is 0. The lowest BCUT2D eigenvalue weighted by Gasteiger charge is -2.21. The Morgan fingerprint density at radius 2 is 1.93 bits per heavy atom. The van der Waals surface area contributed by atoms with Crippen LogP contribution in [-0.2, 0) is 13.1 Å². The highest BCUT2D eigenvalue weighted by atomic mass is 127. The van der Waals surface area contributed by atoms with Gasteiger partial charge in [-0.1, -0.05) is 36.4 Å². The minimum absolute atomic E-state index is 0. The first-order chi connectivity index (χ1) is 13.2. The Bertz CT molecular complexity index is 891. The Hall–Kier alpha value is -2.42. The Kier molecular flexibility index (Phi) is 8.43. The SMILES string of the molecule is CCNC(=NCc1ncccc1C)N(C)Cc1ncc(-c2ccccc2)[nH]1.I. The number of pyridine rings is 1. The fourth-order valence-electron chi connectivity index (χ4n) is 2.81. The largest absolute Gasteiger partial charge is 0.357 e. The van der Waals surface area contributed by atoms with E-state index in [9.17, 15) is 0 Å². The number of hydrogen-bond donors (Lipinski definition) is 2. The summed E-state index contributed by atoms with van der Waals surface area (Å²) in [5, 5.41) is 3.34. The van der Waals surface area contributed by atoms with Crippen LogP contribution < -0.4 is 5.32 Å². The molecule has 3 rings (SSSR count).